The van der Waals surface area contributed by atoms with Crippen molar-refractivity contribution < 1.29 is 19.1 Å². The Hall–Kier alpha value is -3.43. The van der Waals surface area contributed by atoms with E-state index >= 15 is 0 Å². The van der Waals surface area contributed by atoms with Crippen molar-refractivity contribution in [1.29, 1.82) is 10.5 Å². The topological polar surface area (TPSA) is 100 Å². The van der Waals surface area contributed by atoms with E-state index in [-0.39, 0.29) is 18.8 Å². The van der Waals surface area contributed by atoms with Crippen LogP contribution < -0.4 is 0 Å². The molecule has 200 valence electrons. The van der Waals surface area contributed by atoms with Crippen LogP contribution in [0.4, 0.5) is 0 Å². The van der Waals surface area contributed by atoms with Gasteiger partial charge in [-0.1, -0.05) is 79.9 Å². The van der Waals surface area contributed by atoms with Crippen LogP contribution in [0.2, 0.25) is 5.02 Å². The first kappa shape index (κ1) is 31.8. The Bertz CT molecular complexity index is 1320. The molecular formula is C30H25Br2ClN2O4. The molecule has 0 aliphatic rings. The predicted octanol–water partition coefficient (Wildman–Crippen LogP) is 7.86. The molecule has 0 saturated carbocycles. The highest BCUT2D eigenvalue weighted by molar-refractivity contribution is 9.10. The van der Waals surface area contributed by atoms with E-state index < -0.39 is 23.8 Å². The molecule has 2 atom stereocenters. The van der Waals surface area contributed by atoms with E-state index in [4.69, 9.17) is 26.3 Å². The summed E-state index contributed by atoms with van der Waals surface area (Å²) < 4.78 is 11.7. The highest BCUT2D eigenvalue weighted by atomic mass is 79.9. The molecule has 0 radical (unpaired) electrons. The Labute approximate surface area is 250 Å². The molecule has 0 aliphatic heterocycles. The predicted molar refractivity (Wildman–Crippen MR) is 158 cm³/mol. The zero-order valence-electron chi connectivity index (χ0n) is 21.2. The molecule has 0 spiro atoms. The third kappa shape index (κ3) is 10.00. The minimum Gasteiger partial charge on any atom is -0.465 e. The fourth-order valence-corrected chi connectivity index (χ4v) is 4.14. The van der Waals surface area contributed by atoms with E-state index in [1.165, 1.54) is 6.08 Å². The normalized spacial score (nSPS) is 12.0. The molecule has 3 aromatic carbocycles. The third-order valence-electron chi connectivity index (χ3n) is 5.27. The minimum absolute atomic E-state index is 0.00386. The Kier molecular flexibility index (Phi) is 13.5. The average molecular weight is 673 g/mol. The van der Waals surface area contributed by atoms with E-state index in [0.717, 1.165) is 25.6 Å². The number of hydrogen-bond acceptors (Lipinski definition) is 6. The van der Waals surface area contributed by atoms with Crippen molar-refractivity contribution in [2.45, 2.75) is 19.8 Å². The fraction of sp³-hybridized carbons (Fsp3) is 0.200. The van der Waals surface area contributed by atoms with Crippen molar-refractivity contribution in [3.8, 4) is 12.1 Å². The summed E-state index contributed by atoms with van der Waals surface area (Å²) in [5.74, 6) is -2.44. The van der Waals surface area contributed by atoms with Gasteiger partial charge in [0.2, 0.25) is 0 Å². The zero-order valence-corrected chi connectivity index (χ0v) is 25.2. The standard InChI is InChI=1S/C18H15BrClNO2.C12H10BrNO2/c1-2-23-18(22)16(11-21)17(12-3-7-14(19)8-4-12)13-5-9-15(20)10-6-13;1-2-16-12(15)10(8-14)7-9-3-5-11(13)6-4-9/h3-10,16-17H,2H2,1H3;3-7H,2H2,1H3/b;10-7+. The summed E-state index contributed by atoms with van der Waals surface area (Å²) in [6.45, 7) is 3.93. The Balaban J connectivity index is 0.000000293. The molecule has 0 aliphatic carbocycles. The number of carbonyl (C=O) groups is 2. The summed E-state index contributed by atoms with van der Waals surface area (Å²) in [5, 5.41) is 19.0. The van der Waals surface area contributed by atoms with Crippen LogP contribution in [-0.4, -0.2) is 25.2 Å². The Morgan fingerprint density at radius 3 is 1.79 bits per heavy atom. The van der Waals surface area contributed by atoms with Crippen LogP contribution in [0.15, 0.2) is 87.3 Å². The summed E-state index contributed by atoms with van der Waals surface area (Å²) in [5.41, 5.74) is 2.50. The molecular weight excluding hydrogens is 648 g/mol. The first-order valence-corrected chi connectivity index (χ1v) is 13.8. The molecule has 0 amide bonds. The van der Waals surface area contributed by atoms with E-state index in [1.807, 2.05) is 54.6 Å². The molecule has 6 nitrogen and oxygen atoms in total. The van der Waals surface area contributed by atoms with Gasteiger partial charge >= 0.3 is 11.9 Å². The quantitative estimate of drug-likeness (QED) is 0.137. The molecule has 39 heavy (non-hydrogen) atoms. The lowest BCUT2D eigenvalue weighted by Crippen LogP contribution is -2.24. The van der Waals surface area contributed by atoms with Gasteiger partial charge in [-0.05, 0) is 73.0 Å². The third-order valence-corrected chi connectivity index (χ3v) is 6.58. The molecule has 0 aromatic heterocycles. The van der Waals surface area contributed by atoms with Crippen molar-refractivity contribution in [2.75, 3.05) is 13.2 Å². The second kappa shape index (κ2) is 16.5. The van der Waals surface area contributed by atoms with Gasteiger partial charge < -0.3 is 9.47 Å². The number of nitriles is 2. The number of ether oxygens (including phenoxy) is 2. The molecule has 3 aromatic rings. The first-order valence-electron chi connectivity index (χ1n) is 11.9. The first-order chi connectivity index (χ1) is 18.7. The maximum atomic E-state index is 12.2. The van der Waals surface area contributed by atoms with E-state index in [1.54, 1.807) is 38.1 Å². The number of carbonyl (C=O) groups excluding carboxylic acids is 2. The van der Waals surface area contributed by atoms with Gasteiger partial charge in [-0.25, -0.2) is 4.79 Å². The maximum absolute atomic E-state index is 12.2. The summed E-state index contributed by atoms with van der Waals surface area (Å²) in [6.07, 6.45) is 1.50. The molecule has 0 fully saturated rings. The summed E-state index contributed by atoms with van der Waals surface area (Å²) in [7, 11) is 0. The lowest BCUT2D eigenvalue weighted by atomic mass is 9.81. The van der Waals surface area contributed by atoms with Crippen LogP contribution in [0, 0.1) is 28.6 Å². The van der Waals surface area contributed by atoms with Crippen molar-refractivity contribution in [2.24, 2.45) is 5.92 Å². The van der Waals surface area contributed by atoms with Gasteiger partial charge in [0.1, 0.15) is 11.6 Å². The Morgan fingerprint density at radius 2 is 1.33 bits per heavy atom. The smallest absolute Gasteiger partial charge is 0.348 e. The van der Waals surface area contributed by atoms with Gasteiger partial charge in [-0.3, -0.25) is 4.79 Å². The van der Waals surface area contributed by atoms with Crippen LogP contribution in [-0.2, 0) is 19.1 Å². The lowest BCUT2D eigenvalue weighted by Gasteiger charge is -2.22. The van der Waals surface area contributed by atoms with Gasteiger partial charge in [0, 0.05) is 19.9 Å². The van der Waals surface area contributed by atoms with Gasteiger partial charge in [-0.15, -0.1) is 0 Å². The van der Waals surface area contributed by atoms with Gasteiger partial charge in [-0.2, -0.15) is 10.5 Å². The average Bonchev–Trinajstić information content (AvgIpc) is 2.93. The van der Waals surface area contributed by atoms with Crippen molar-refractivity contribution >= 4 is 61.5 Å². The fourth-order valence-electron chi connectivity index (χ4n) is 3.48. The highest BCUT2D eigenvalue weighted by Gasteiger charge is 2.32. The van der Waals surface area contributed by atoms with Gasteiger partial charge in [0.05, 0.1) is 19.3 Å². The number of rotatable bonds is 8. The van der Waals surface area contributed by atoms with Crippen LogP contribution in [0.25, 0.3) is 6.08 Å². The molecule has 0 heterocycles. The minimum atomic E-state index is -0.919. The summed E-state index contributed by atoms with van der Waals surface area (Å²) in [4.78, 5) is 23.5. The molecule has 3 rings (SSSR count). The van der Waals surface area contributed by atoms with Crippen molar-refractivity contribution in [3.63, 3.8) is 0 Å². The second-order valence-electron chi connectivity index (χ2n) is 7.88. The number of halogens is 3. The number of esters is 2. The summed E-state index contributed by atoms with van der Waals surface area (Å²) >= 11 is 12.6. The van der Waals surface area contributed by atoms with Crippen molar-refractivity contribution in [3.05, 3.63) is 109 Å². The molecule has 0 bridgehead atoms. The van der Waals surface area contributed by atoms with Crippen LogP contribution in [0.5, 0.6) is 0 Å². The van der Waals surface area contributed by atoms with Crippen LogP contribution in [0.3, 0.4) is 0 Å². The molecule has 0 N–H and O–H groups in total. The summed E-state index contributed by atoms with van der Waals surface area (Å²) in [6, 6.07) is 25.9. The number of nitrogens with zero attached hydrogens (tertiary/aromatic N) is 2. The second-order valence-corrected chi connectivity index (χ2v) is 10.1. The largest absolute Gasteiger partial charge is 0.465 e. The lowest BCUT2D eigenvalue weighted by molar-refractivity contribution is -0.146. The monoisotopic (exact) mass is 670 g/mol. The number of benzene rings is 3. The number of hydrogen-bond donors (Lipinski definition) is 0. The van der Waals surface area contributed by atoms with E-state index in [0.29, 0.717) is 5.02 Å². The van der Waals surface area contributed by atoms with Crippen LogP contribution >= 0.6 is 43.5 Å². The molecule has 0 saturated heterocycles. The van der Waals surface area contributed by atoms with Gasteiger partial charge in [0.15, 0.2) is 5.92 Å². The van der Waals surface area contributed by atoms with Crippen LogP contribution in [0.1, 0.15) is 36.5 Å². The Morgan fingerprint density at radius 1 is 0.846 bits per heavy atom. The van der Waals surface area contributed by atoms with E-state index in [2.05, 4.69) is 37.9 Å². The molecule has 2 unspecified atom stereocenters. The van der Waals surface area contributed by atoms with E-state index in [9.17, 15) is 14.9 Å². The van der Waals surface area contributed by atoms with Crippen molar-refractivity contribution in [1.82, 2.24) is 0 Å². The maximum Gasteiger partial charge on any atom is 0.348 e. The van der Waals surface area contributed by atoms with Gasteiger partial charge in [0.25, 0.3) is 0 Å². The molecule has 9 heteroatoms. The SMILES string of the molecule is CCOC(=O)/C(C#N)=C/c1ccc(Br)cc1.CCOC(=O)C(C#N)C(c1ccc(Cl)cc1)c1ccc(Br)cc1. The zero-order chi connectivity index (χ0) is 28.8. The highest BCUT2D eigenvalue weighted by Crippen LogP contribution is 2.34.